The summed E-state index contributed by atoms with van der Waals surface area (Å²) in [5, 5.41) is 10.3. The Kier molecular flexibility index (Phi) is 2.54. The van der Waals surface area contributed by atoms with Crippen LogP contribution in [-0.4, -0.2) is 16.1 Å². The van der Waals surface area contributed by atoms with E-state index in [9.17, 15) is 9.90 Å². The van der Waals surface area contributed by atoms with Gasteiger partial charge in [0.2, 0.25) is 0 Å². The van der Waals surface area contributed by atoms with Crippen LogP contribution in [0.4, 0.5) is 0 Å². The first-order valence-electron chi connectivity index (χ1n) is 6.33. The Morgan fingerprint density at radius 3 is 2.94 bits per heavy atom. The molecule has 1 N–H and O–H groups in total. The molecule has 1 atom stereocenters. The molecule has 1 aliphatic carbocycles. The third-order valence-electron chi connectivity index (χ3n) is 3.77. The minimum Gasteiger partial charge on any atom is -0.478 e. The van der Waals surface area contributed by atoms with Gasteiger partial charge in [0.15, 0.2) is 0 Å². The minimum atomic E-state index is -0.834. The van der Waals surface area contributed by atoms with Crippen molar-refractivity contribution in [1.29, 1.82) is 0 Å². The quantitative estimate of drug-likeness (QED) is 0.832. The van der Waals surface area contributed by atoms with Crippen LogP contribution in [0.15, 0.2) is 24.3 Å². The first kappa shape index (κ1) is 11.2. The van der Waals surface area contributed by atoms with Crippen LogP contribution in [0, 0.1) is 0 Å². The molecule has 0 radical (unpaired) electrons. The standard InChI is InChI=1S/C15H15NO2/c1-9-5-4-7-11-13(15(17)18)10-6-2-3-8-12(10)16-14(9)11/h2-3,6,8-9H,4-5,7H2,1H3,(H,17,18). The largest absolute Gasteiger partial charge is 0.478 e. The van der Waals surface area contributed by atoms with Crippen molar-refractivity contribution in [3.8, 4) is 0 Å². The molecule has 18 heavy (non-hydrogen) atoms. The van der Waals surface area contributed by atoms with Gasteiger partial charge in [0.1, 0.15) is 0 Å². The van der Waals surface area contributed by atoms with E-state index in [0.29, 0.717) is 11.5 Å². The van der Waals surface area contributed by atoms with Gasteiger partial charge in [0, 0.05) is 11.1 Å². The summed E-state index contributed by atoms with van der Waals surface area (Å²) in [5.74, 6) is -0.476. The Labute approximate surface area is 105 Å². The van der Waals surface area contributed by atoms with Gasteiger partial charge < -0.3 is 5.11 Å². The highest BCUT2D eigenvalue weighted by Gasteiger charge is 2.25. The Morgan fingerprint density at radius 1 is 1.39 bits per heavy atom. The van der Waals surface area contributed by atoms with Crippen LogP contribution in [0.25, 0.3) is 10.9 Å². The second-order valence-electron chi connectivity index (χ2n) is 4.97. The topological polar surface area (TPSA) is 50.2 Å². The van der Waals surface area contributed by atoms with E-state index in [2.05, 4.69) is 11.9 Å². The number of aromatic carboxylic acids is 1. The lowest BCUT2D eigenvalue weighted by Gasteiger charge is -2.23. The molecular weight excluding hydrogens is 226 g/mol. The summed E-state index contributed by atoms with van der Waals surface area (Å²) in [6, 6.07) is 7.52. The van der Waals surface area contributed by atoms with Crippen molar-refractivity contribution in [3.05, 3.63) is 41.1 Å². The number of rotatable bonds is 1. The molecular formula is C15H15NO2. The highest BCUT2D eigenvalue weighted by molar-refractivity contribution is 6.04. The zero-order valence-corrected chi connectivity index (χ0v) is 10.3. The second-order valence-corrected chi connectivity index (χ2v) is 4.97. The normalized spacial score (nSPS) is 18.6. The lowest BCUT2D eigenvalue weighted by Crippen LogP contribution is -2.15. The maximum Gasteiger partial charge on any atom is 0.336 e. The van der Waals surface area contributed by atoms with Gasteiger partial charge in [-0.1, -0.05) is 25.1 Å². The molecule has 1 aliphatic rings. The smallest absolute Gasteiger partial charge is 0.336 e. The molecule has 0 fully saturated rings. The van der Waals surface area contributed by atoms with E-state index in [4.69, 9.17) is 0 Å². The monoisotopic (exact) mass is 241 g/mol. The van der Waals surface area contributed by atoms with Gasteiger partial charge in [-0.05, 0) is 36.8 Å². The SMILES string of the molecule is CC1CCCc2c1nc1ccccc1c2C(=O)O. The van der Waals surface area contributed by atoms with Gasteiger partial charge in [0.25, 0.3) is 0 Å². The van der Waals surface area contributed by atoms with Crippen LogP contribution in [0.5, 0.6) is 0 Å². The number of benzene rings is 1. The van der Waals surface area contributed by atoms with Gasteiger partial charge in [0.05, 0.1) is 11.1 Å². The summed E-state index contributed by atoms with van der Waals surface area (Å²) in [5.41, 5.74) is 3.18. The third kappa shape index (κ3) is 1.58. The van der Waals surface area contributed by atoms with Gasteiger partial charge in [-0.15, -0.1) is 0 Å². The number of para-hydroxylation sites is 1. The van der Waals surface area contributed by atoms with Gasteiger partial charge in [-0.25, -0.2) is 4.79 Å². The summed E-state index contributed by atoms with van der Waals surface area (Å²) in [6.07, 6.45) is 2.98. The molecule has 3 heteroatoms. The van der Waals surface area contributed by atoms with Crippen LogP contribution in [0.2, 0.25) is 0 Å². The molecule has 0 bridgehead atoms. The van der Waals surface area contributed by atoms with Crippen molar-refractivity contribution in [3.63, 3.8) is 0 Å². The summed E-state index contributed by atoms with van der Waals surface area (Å²) < 4.78 is 0. The Morgan fingerprint density at radius 2 is 2.17 bits per heavy atom. The van der Waals surface area contributed by atoms with Crippen molar-refractivity contribution in [1.82, 2.24) is 4.98 Å². The molecule has 0 saturated heterocycles. The summed E-state index contributed by atoms with van der Waals surface area (Å²) in [6.45, 7) is 2.13. The molecule has 0 saturated carbocycles. The molecule has 1 unspecified atom stereocenters. The molecule has 0 aliphatic heterocycles. The Balaban J connectivity index is 2.41. The summed E-state index contributed by atoms with van der Waals surface area (Å²) >= 11 is 0. The second kappa shape index (κ2) is 4.09. The number of carbonyl (C=O) groups is 1. The number of hydrogen-bond donors (Lipinski definition) is 1. The summed E-state index contributed by atoms with van der Waals surface area (Å²) in [7, 11) is 0. The zero-order chi connectivity index (χ0) is 12.7. The average molecular weight is 241 g/mol. The number of fused-ring (bicyclic) bond motifs is 2. The van der Waals surface area contributed by atoms with Crippen molar-refractivity contribution in [2.45, 2.75) is 32.1 Å². The van der Waals surface area contributed by atoms with E-state index in [1.807, 2.05) is 24.3 Å². The fourth-order valence-electron chi connectivity index (χ4n) is 2.90. The van der Waals surface area contributed by atoms with E-state index in [1.165, 1.54) is 0 Å². The molecule has 2 aromatic rings. The average Bonchev–Trinajstić information content (AvgIpc) is 2.36. The number of hydrogen-bond acceptors (Lipinski definition) is 2. The first-order valence-corrected chi connectivity index (χ1v) is 6.33. The number of nitrogens with zero attached hydrogens (tertiary/aromatic N) is 1. The van der Waals surface area contributed by atoms with Crippen LogP contribution in [-0.2, 0) is 6.42 Å². The Hall–Kier alpha value is -1.90. The van der Waals surface area contributed by atoms with E-state index in [1.54, 1.807) is 0 Å². The number of pyridine rings is 1. The maximum absolute atomic E-state index is 11.6. The van der Waals surface area contributed by atoms with Gasteiger partial charge in [-0.3, -0.25) is 4.98 Å². The predicted molar refractivity (Wildman–Crippen MR) is 70.1 cm³/mol. The van der Waals surface area contributed by atoms with Crippen LogP contribution in [0.3, 0.4) is 0 Å². The molecule has 92 valence electrons. The molecule has 0 amide bonds. The van der Waals surface area contributed by atoms with Crippen molar-refractivity contribution in [2.75, 3.05) is 0 Å². The van der Waals surface area contributed by atoms with Crippen molar-refractivity contribution < 1.29 is 9.90 Å². The molecule has 1 heterocycles. The molecule has 3 rings (SSSR count). The zero-order valence-electron chi connectivity index (χ0n) is 10.3. The minimum absolute atomic E-state index is 0.358. The molecule has 1 aromatic heterocycles. The molecule has 0 spiro atoms. The molecule has 1 aromatic carbocycles. The van der Waals surface area contributed by atoms with Crippen molar-refractivity contribution >= 4 is 16.9 Å². The van der Waals surface area contributed by atoms with E-state index < -0.39 is 5.97 Å². The highest BCUT2D eigenvalue weighted by atomic mass is 16.4. The van der Waals surface area contributed by atoms with E-state index in [0.717, 1.165) is 41.4 Å². The van der Waals surface area contributed by atoms with Crippen LogP contribution < -0.4 is 0 Å². The van der Waals surface area contributed by atoms with Gasteiger partial charge in [-0.2, -0.15) is 0 Å². The lowest BCUT2D eigenvalue weighted by molar-refractivity contribution is 0.0697. The predicted octanol–water partition coefficient (Wildman–Crippen LogP) is 3.37. The fraction of sp³-hybridized carbons (Fsp3) is 0.333. The third-order valence-corrected chi connectivity index (χ3v) is 3.77. The Bertz CT molecular complexity index is 634. The van der Waals surface area contributed by atoms with E-state index >= 15 is 0 Å². The van der Waals surface area contributed by atoms with E-state index in [-0.39, 0.29) is 0 Å². The summed E-state index contributed by atoms with van der Waals surface area (Å²) in [4.78, 5) is 16.2. The van der Waals surface area contributed by atoms with Crippen LogP contribution in [0.1, 0.15) is 47.3 Å². The van der Waals surface area contributed by atoms with Crippen molar-refractivity contribution in [2.24, 2.45) is 0 Å². The fourth-order valence-corrected chi connectivity index (χ4v) is 2.90. The highest BCUT2D eigenvalue weighted by Crippen LogP contribution is 2.35. The molecule has 3 nitrogen and oxygen atoms in total. The maximum atomic E-state index is 11.6. The lowest BCUT2D eigenvalue weighted by atomic mass is 9.84. The van der Waals surface area contributed by atoms with Crippen LogP contribution >= 0.6 is 0 Å². The van der Waals surface area contributed by atoms with Gasteiger partial charge >= 0.3 is 5.97 Å². The number of carboxylic acid groups (broad SMARTS) is 1. The number of aromatic nitrogens is 1. The first-order chi connectivity index (χ1) is 8.68. The number of carboxylic acids is 1.